The van der Waals surface area contributed by atoms with E-state index in [2.05, 4.69) is 5.32 Å². The first-order valence-corrected chi connectivity index (χ1v) is 9.89. The molecule has 0 bridgehead atoms. The van der Waals surface area contributed by atoms with Crippen LogP contribution in [0.3, 0.4) is 0 Å². The van der Waals surface area contributed by atoms with Gasteiger partial charge < -0.3 is 15.5 Å². The maximum Gasteiger partial charge on any atom is 0.326 e. The van der Waals surface area contributed by atoms with Gasteiger partial charge in [-0.2, -0.15) is 0 Å². The highest BCUT2D eigenvalue weighted by Gasteiger charge is 2.20. The van der Waals surface area contributed by atoms with Gasteiger partial charge in [-0.3, -0.25) is 9.59 Å². The summed E-state index contributed by atoms with van der Waals surface area (Å²) in [5, 5.41) is 20.7. The molecule has 0 aromatic rings. The molecule has 1 fully saturated rings. The highest BCUT2D eigenvalue weighted by atomic mass is 33.1. The van der Waals surface area contributed by atoms with Crippen molar-refractivity contribution in [1.82, 2.24) is 5.32 Å². The summed E-state index contributed by atoms with van der Waals surface area (Å²) in [6.07, 6.45) is 4.69. The summed E-state index contributed by atoms with van der Waals surface area (Å²) in [7, 11) is 3.82. The molecular formula is C14H23NO5S2. The highest BCUT2D eigenvalue weighted by molar-refractivity contribution is 8.77. The van der Waals surface area contributed by atoms with Gasteiger partial charge in [0.05, 0.1) is 0 Å². The third-order valence-corrected chi connectivity index (χ3v) is 6.43. The smallest absolute Gasteiger partial charge is 0.326 e. The monoisotopic (exact) mass is 349 g/mol. The van der Waals surface area contributed by atoms with Gasteiger partial charge in [0.1, 0.15) is 6.04 Å². The standard InChI is InChI=1S/C14H23NO5S2/c16-12(6-2-1-4-10-8-9-21-22-10)15-11(14(19)20)5-3-7-13(17)18/h10-11H,1-9H2,(H,15,16)(H,17,18)(H,19,20)/t10-,11+/m1/s1. The topological polar surface area (TPSA) is 104 Å². The normalized spacial score (nSPS) is 18.8. The molecule has 2 atom stereocenters. The van der Waals surface area contributed by atoms with Crippen LogP contribution in [0.2, 0.25) is 0 Å². The fourth-order valence-corrected chi connectivity index (χ4v) is 5.23. The van der Waals surface area contributed by atoms with E-state index in [0.29, 0.717) is 11.7 Å². The molecule has 1 rings (SSSR count). The van der Waals surface area contributed by atoms with E-state index in [4.69, 9.17) is 10.2 Å². The highest BCUT2D eigenvalue weighted by Crippen LogP contribution is 2.39. The molecule has 0 aromatic carbocycles. The van der Waals surface area contributed by atoms with Crippen molar-refractivity contribution in [1.29, 1.82) is 0 Å². The van der Waals surface area contributed by atoms with Crippen LogP contribution < -0.4 is 5.32 Å². The van der Waals surface area contributed by atoms with Crippen LogP contribution in [0, 0.1) is 0 Å². The molecular weight excluding hydrogens is 326 g/mol. The Kier molecular flexibility index (Phi) is 9.38. The lowest BCUT2D eigenvalue weighted by Gasteiger charge is -2.14. The minimum Gasteiger partial charge on any atom is -0.481 e. The number of rotatable bonds is 11. The molecule has 0 aromatic heterocycles. The number of hydrogen-bond donors (Lipinski definition) is 3. The summed E-state index contributed by atoms with van der Waals surface area (Å²) < 4.78 is 0. The summed E-state index contributed by atoms with van der Waals surface area (Å²) in [6.45, 7) is 0. The van der Waals surface area contributed by atoms with E-state index >= 15 is 0 Å². The number of aliphatic carboxylic acids is 2. The third-order valence-electron chi connectivity index (χ3n) is 3.42. The molecule has 1 saturated heterocycles. The number of hydrogen-bond acceptors (Lipinski definition) is 5. The van der Waals surface area contributed by atoms with Crippen molar-refractivity contribution in [3.63, 3.8) is 0 Å². The summed E-state index contributed by atoms with van der Waals surface area (Å²) in [6, 6.07) is -0.992. The fraction of sp³-hybridized carbons (Fsp3) is 0.786. The Hall–Kier alpha value is -0.890. The predicted molar refractivity (Wildman–Crippen MR) is 88.0 cm³/mol. The second kappa shape index (κ2) is 10.8. The molecule has 22 heavy (non-hydrogen) atoms. The van der Waals surface area contributed by atoms with Gasteiger partial charge in [-0.05, 0) is 32.1 Å². The van der Waals surface area contributed by atoms with Crippen LogP contribution in [0.25, 0.3) is 0 Å². The van der Waals surface area contributed by atoms with E-state index in [9.17, 15) is 14.4 Å². The van der Waals surface area contributed by atoms with Crippen molar-refractivity contribution >= 4 is 39.4 Å². The molecule has 0 aliphatic carbocycles. The number of carboxylic acids is 2. The maximum absolute atomic E-state index is 11.8. The van der Waals surface area contributed by atoms with E-state index in [1.165, 1.54) is 12.2 Å². The Morgan fingerprint density at radius 2 is 1.91 bits per heavy atom. The minimum atomic E-state index is -1.11. The average Bonchev–Trinajstić information content (AvgIpc) is 2.95. The SMILES string of the molecule is O=C(O)CCC[C@H](NC(=O)CCCC[C@@H]1CCSS1)C(=O)O. The molecule has 0 saturated carbocycles. The quantitative estimate of drug-likeness (QED) is 0.389. The lowest BCUT2D eigenvalue weighted by atomic mass is 10.1. The number of carbonyl (C=O) groups excluding carboxylic acids is 1. The summed E-state index contributed by atoms with van der Waals surface area (Å²) in [5.41, 5.74) is 0. The summed E-state index contributed by atoms with van der Waals surface area (Å²) in [4.78, 5) is 33.2. The van der Waals surface area contributed by atoms with Gasteiger partial charge in [-0.1, -0.05) is 28.0 Å². The third kappa shape index (κ3) is 8.53. The molecule has 1 aliphatic heterocycles. The van der Waals surface area contributed by atoms with E-state index in [1.54, 1.807) is 0 Å². The lowest BCUT2D eigenvalue weighted by molar-refractivity contribution is -0.142. The molecule has 0 spiro atoms. The second-order valence-electron chi connectivity index (χ2n) is 5.32. The van der Waals surface area contributed by atoms with E-state index < -0.39 is 18.0 Å². The van der Waals surface area contributed by atoms with Gasteiger partial charge in [-0.25, -0.2) is 4.79 Å². The largest absolute Gasteiger partial charge is 0.481 e. The van der Waals surface area contributed by atoms with E-state index in [0.717, 1.165) is 19.3 Å². The van der Waals surface area contributed by atoms with Crippen LogP contribution in [0.1, 0.15) is 51.4 Å². The zero-order chi connectivity index (χ0) is 16.4. The zero-order valence-corrected chi connectivity index (χ0v) is 14.1. The van der Waals surface area contributed by atoms with Gasteiger partial charge in [0.2, 0.25) is 5.91 Å². The van der Waals surface area contributed by atoms with Gasteiger partial charge >= 0.3 is 11.9 Å². The number of carbonyl (C=O) groups is 3. The second-order valence-corrected chi connectivity index (χ2v) is 8.11. The Bertz CT molecular complexity index is 385. The molecule has 3 N–H and O–H groups in total. The number of nitrogens with one attached hydrogen (secondary N) is 1. The van der Waals surface area contributed by atoms with E-state index in [-0.39, 0.29) is 25.2 Å². The van der Waals surface area contributed by atoms with Crippen molar-refractivity contribution in [2.45, 2.75) is 62.7 Å². The van der Waals surface area contributed by atoms with Crippen LogP contribution in [0.4, 0.5) is 0 Å². The predicted octanol–water partition coefficient (Wildman–Crippen LogP) is 2.52. The van der Waals surface area contributed by atoms with Crippen LogP contribution in [0.5, 0.6) is 0 Å². The number of amides is 1. The van der Waals surface area contributed by atoms with Crippen molar-refractivity contribution in [2.24, 2.45) is 0 Å². The number of unbranched alkanes of at least 4 members (excludes halogenated alkanes) is 1. The molecule has 0 unspecified atom stereocenters. The van der Waals surface area contributed by atoms with E-state index in [1.807, 2.05) is 21.6 Å². The lowest BCUT2D eigenvalue weighted by Crippen LogP contribution is -2.40. The molecule has 0 radical (unpaired) electrons. The fourth-order valence-electron chi connectivity index (χ4n) is 2.20. The summed E-state index contributed by atoms with van der Waals surface area (Å²) >= 11 is 0. The van der Waals surface area contributed by atoms with Crippen LogP contribution in [-0.2, 0) is 14.4 Å². The van der Waals surface area contributed by atoms with Crippen LogP contribution in [-0.4, -0.2) is 45.1 Å². The first-order chi connectivity index (χ1) is 10.5. The van der Waals surface area contributed by atoms with Crippen molar-refractivity contribution in [3.8, 4) is 0 Å². The molecule has 126 valence electrons. The Morgan fingerprint density at radius 1 is 1.14 bits per heavy atom. The molecule has 6 nitrogen and oxygen atoms in total. The van der Waals surface area contributed by atoms with Gasteiger partial charge in [0, 0.05) is 23.8 Å². The minimum absolute atomic E-state index is 0.0866. The Balaban J connectivity index is 2.15. The van der Waals surface area contributed by atoms with Gasteiger partial charge in [0.25, 0.3) is 0 Å². The Morgan fingerprint density at radius 3 is 2.50 bits per heavy atom. The van der Waals surface area contributed by atoms with Crippen LogP contribution >= 0.6 is 21.6 Å². The van der Waals surface area contributed by atoms with Crippen molar-refractivity contribution in [2.75, 3.05) is 5.75 Å². The molecule has 8 heteroatoms. The van der Waals surface area contributed by atoms with Crippen molar-refractivity contribution in [3.05, 3.63) is 0 Å². The number of carboxylic acid groups (broad SMARTS) is 2. The van der Waals surface area contributed by atoms with Crippen molar-refractivity contribution < 1.29 is 24.6 Å². The Labute approximate surface area is 138 Å². The van der Waals surface area contributed by atoms with Gasteiger partial charge in [0.15, 0.2) is 0 Å². The first-order valence-electron chi connectivity index (χ1n) is 7.51. The summed E-state index contributed by atoms with van der Waals surface area (Å²) in [5.74, 6) is -1.14. The average molecular weight is 349 g/mol. The zero-order valence-electron chi connectivity index (χ0n) is 12.5. The molecule has 1 amide bonds. The van der Waals surface area contributed by atoms with Gasteiger partial charge in [-0.15, -0.1) is 0 Å². The molecule has 1 aliphatic rings. The molecule has 1 heterocycles. The maximum atomic E-state index is 11.8. The van der Waals surface area contributed by atoms with Crippen LogP contribution in [0.15, 0.2) is 0 Å². The first kappa shape index (κ1) is 19.2.